The van der Waals surface area contributed by atoms with Gasteiger partial charge in [0.2, 0.25) is 0 Å². The van der Waals surface area contributed by atoms with E-state index in [1.54, 1.807) is 0 Å². The first kappa shape index (κ1) is 12.8. The van der Waals surface area contributed by atoms with Crippen molar-refractivity contribution in [2.24, 2.45) is 5.92 Å². The first-order valence-corrected chi connectivity index (χ1v) is 5.65. The summed E-state index contributed by atoms with van der Waals surface area (Å²) in [7, 11) is 0. The van der Waals surface area contributed by atoms with Crippen molar-refractivity contribution in [3.05, 3.63) is 34.4 Å². The number of carboxylic acids is 1. The third kappa shape index (κ3) is 2.43. The minimum atomic E-state index is -0.731. The summed E-state index contributed by atoms with van der Waals surface area (Å²) in [6, 6.07) is 4.11. The maximum absolute atomic E-state index is 11.3. The number of carboxylic acid groups (broad SMARTS) is 1. The lowest BCUT2D eigenvalue weighted by atomic mass is 9.83. The highest BCUT2D eigenvalue weighted by atomic mass is 16.4. The molecule has 0 amide bonds. The standard InChI is InChI=1S/C14H20O2/c1-8(2)12(14(15)16)13-10(4)6-9(3)7-11(13)5/h6-8,12H,1-5H3,(H,15,16). The fourth-order valence-electron chi connectivity index (χ4n) is 2.42. The van der Waals surface area contributed by atoms with Gasteiger partial charge in [-0.15, -0.1) is 0 Å². The molecule has 1 aromatic carbocycles. The lowest BCUT2D eigenvalue weighted by molar-refractivity contribution is -0.139. The molecule has 2 nitrogen and oxygen atoms in total. The number of hydrogen-bond acceptors (Lipinski definition) is 1. The predicted octanol–water partition coefficient (Wildman–Crippen LogP) is 3.44. The zero-order chi connectivity index (χ0) is 12.5. The van der Waals surface area contributed by atoms with Gasteiger partial charge in [0.15, 0.2) is 0 Å². The first-order chi connectivity index (χ1) is 7.34. The molecule has 0 fully saturated rings. The van der Waals surface area contributed by atoms with Gasteiger partial charge in [-0.3, -0.25) is 4.79 Å². The van der Waals surface area contributed by atoms with Crippen LogP contribution < -0.4 is 0 Å². The van der Waals surface area contributed by atoms with Gasteiger partial charge in [-0.25, -0.2) is 0 Å². The lowest BCUT2D eigenvalue weighted by Crippen LogP contribution is -2.19. The average molecular weight is 220 g/mol. The van der Waals surface area contributed by atoms with Crippen LogP contribution in [0.2, 0.25) is 0 Å². The highest BCUT2D eigenvalue weighted by Crippen LogP contribution is 2.30. The van der Waals surface area contributed by atoms with E-state index in [4.69, 9.17) is 0 Å². The summed E-state index contributed by atoms with van der Waals surface area (Å²) in [5.41, 5.74) is 4.33. The van der Waals surface area contributed by atoms with Crippen molar-refractivity contribution >= 4 is 5.97 Å². The Morgan fingerprint density at radius 3 is 1.88 bits per heavy atom. The first-order valence-electron chi connectivity index (χ1n) is 5.65. The van der Waals surface area contributed by atoms with E-state index in [0.29, 0.717) is 0 Å². The summed E-state index contributed by atoms with van der Waals surface area (Å²) in [4.78, 5) is 11.3. The molecule has 1 rings (SSSR count). The second-order valence-corrected chi connectivity index (χ2v) is 4.87. The van der Waals surface area contributed by atoms with Crippen molar-refractivity contribution in [1.82, 2.24) is 0 Å². The molecule has 0 saturated heterocycles. The van der Waals surface area contributed by atoms with Gasteiger partial charge in [-0.05, 0) is 43.4 Å². The maximum atomic E-state index is 11.3. The molecule has 0 aliphatic carbocycles. The Kier molecular flexibility index (Phi) is 3.74. The summed E-state index contributed by atoms with van der Waals surface area (Å²) in [6.07, 6.45) is 0. The molecule has 0 aliphatic heterocycles. The monoisotopic (exact) mass is 220 g/mol. The minimum Gasteiger partial charge on any atom is -0.481 e. The molecule has 1 N–H and O–H groups in total. The molecule has 88 valence electrons. The average Bonchev–Trinajstić information content (AvgIpc) is 2.09. The van der Waals surface area contributed by atoms with Crippen LogP contribution >= 0.6 is 0 Å². The van der Waals surface area contributed by atoms with Gasteiger partial charge in [0.1, 0.15) is 0 Å². The number of rotatable bonds is 3. The molecule has 0 aromatic heterocycles. The van der Waals surface area contributed by atoms with Crippen molar-refractivity contribution in [2.75, 3.05) is 0 Å². The summed E-state index contributed by atoms with van der Waals surface area (Å²) >= 11 is 0. The van der Waals surface area contributed by atoms with E-state index in [0.717, 1.165) is 16.7 Å². The van der Waals surface area contributed by atoms with Crippen LogP contribution in [0, 0.1) is 26.7 Å². The van der Waals surface area contributed by atoms with Crippen molar-refractivity contribution in [1.29, 1.82) is 0 Å². The number of aliphatic carboxylic acids is 1. The maximum Gasteiger partial charge on any atom is 0.311 e. The van der Waals surface area contributed by atoms with E-state index in [9.17, 15) is 9.90 Å². The van der Waals surface area contributed by atoms with Gasteiger partial charge >= 0.3 is 5.97 Å². The third-order valence-electron chi connectivity index (χ3n) is 2.98. The molecular weight excluding hydrogens is 200 g/mol. The van der Waals surface area contributed by atoms with Crippen molar-refractivity contribution in [3.63, 3.8) is 0 Å². The highest BCUT2D eigenvalue weighted by molar-refractivity contribution is 5.77. The van der Waals surface area contributed by atoms with Crippen molar-refractivity contribution < 1.29 is 9.90 Å². The molecule has 2 heteroatoms. The van der Waals surface area contributed by atoms with Gasteiger partial charge in [0.25, 0.3) is 0 Å². The number of aryl methyl sites for hydroxylation is 3. The largest absolute Gasteiger partial charge is 0.481 e. The van der Waals surface area contributed by atoms with Gasteiger partial charge in [-0.1, -0.05) is 31.5 Å². The van der Waals surface area contributed by atoms with Gasteiger partial charge in [-0.2, -0.15) is 0 Å². The van der Waals surface area contributed by atoms with Crippen molar-refractivity contribution in [2.45, 2.75) is 40.5 Å². The molecular formula is C14H20O2. The number of hydrogen-bond donors (Lipinski definition) is 1. The Morgan fingerprint density at radius 2 is 1.56 bits per heavy atom. The Balaban J connectivity index is 3.35. The van der Waals surface area contributed by atoms with E-state index in [2.05, 4.69) is 12.1 Å². The minimum absolute atomic E-state index is 0.109. The smallest absolute Gasteiger partial charge is 0.311 e. The molecule has 1 atom stereocenters. The van der Waals surface area contributed by atoms with Crippen LogP contribution in [0.5, 0.6) is 0 Å². The third-order valence-corrected chi connectivity index (χ3v) is 2.98. The fraction of sp³-hybridized carbons (Fsp3) is 0.500. The van der Waals surface area contributed by atoms with Crippen LogP contribution in [0.3, 0.4) is 0 Å². The zero-order valence-electron chi connectivity index (χ0n) is 10.7. The molecule has 0 saturated carbocycles. The Morgan fingerprint density at radius 1 is 1.12 bits per heavy atom. The summed E-state index contributed by atoms with van der Waals surface area (Å²) in [5, 5.41) is 9.32. The highest BCUT2D eigenvalue weighted by Gasteiger charge is 2.26. The molecule has 0 radical (unpaired) electrons. The molecule has 0 heterocycles. The van der Waals surface area contributed by atoms with E-state index in [1.807, 2.05) is 34.6 Å². The Labute approximate surface area is 97.3 Å². The van der Waals surface area contributed by atoms with Crippen LogP contribution in [0.15, 0.2) is 12.1 Å². The van der Waals surface area contributed by atoms with Crippen LogP contribution in [0.4, 0.5) is 0 Å². The second-order valence-electron chi connectivity index (χ2n) is 4.87. The van der Waals surface area contributed by atoms with Crippen LogP contribution in [-0.4, -0.2) is 11.1 Å². The molecule has 1 unspecified atom stereocenters. The fourth-order valence-corrected chi connectivity index (χ4v) is 2.42. The number of carbonyl (C=O) groups is 1. The van der Waals surface area contributed by atoms with Crippen LogP contribution in [-0.2, 0) is 4.79 Å². The topological polar surface area (TPSA) is 37.3 Å². The summed E-state index contributed by atoms with van der Waals surface area (Å²) < 4.78 is 0. The quantitative estimate of drug-likeness (QED) is 0.847. The molecule has 0 spiro atoms. The summed E-state index contributed by atoms with van der Waals surface area (Å²) in [6.45, 7) is 9.94. The Bertz CT molecular complexity index is 382. The second kappa shape index (κ2) is 4.69. The Hall–Kier alpha value is -1.31. The normalized spacial score (nSPS) is 12.9. The number of benzene rings is 1. The molecule has 1 aromatic rings. The zero-order valence-corrected chi connectivity index (χ0v) is 10.7. The van der Waals surface area contributed by atoms with E-state index < -0.39 is 11.9 Å². The van der Waals surface area contributed by atoms with Crippen molar-refractivity contribution in [3.8, 4) is 0 Å². The van der Waals surface area contributed by atoms with E-state index in [1.165, 1.54) is 5.56 Å². The molecule has 0 bridgehead atoms. The van der Waals surface area contributed by atoms with Gasteiger partial charge in [0.05, 0.1) is 5.92 Å². The van der Waals surface area contributed by atoms with Gasteiger partial charge in [0, 0.05) is 0 Å². The van der Waals surface area contributed by atoms with E-state index in [-0.39, 0.29) is 5.92 Å². The summed E-state index contributed by atoms with van der Waals surface area (Å²) in [5.74, 6) is -1.02. The SMILES string of the molecule is Cc1cc(C)c(C(C(=O)O)C(C)C)c(C)c1. The van der Waals surface area contributed by atoms with Gasteiger partial charge < -0.3 is 5.11 Å². The lowest BCUT2D eigenvalue weighted by Gasteiger charge is -2.21. The molecule has 0 aliphatic rings. The van der Waals surface area contributed by atoms with Crippen LogP contribution in [0.25, 0.3) is 0 Å². The molecule has 16 heavy (non-hydrogen) atoms. The predicted molar refractivity (Wildman–Crippen MR) is 65.9 cm³/mol. The van der Waals surface area contributed by atoms with Crippen LogP contribution in [0.1, 0.15) is 42.0 Å². The van der Waals surface area contributed by atoms with E-state index >= 15 is 0 Å².